The molecule has 1 saturated carbocycles. The number of likely N-dealkylation sites (tertiary alicyclic amines) is 1. The number of hydrogen-bond donors (Lipinski definition) is 0. The molecule has 2 fully saturated rings. The van der Waals surface area contributed by atoms with Crippen LogP contribution in [0.5, 0.6) is 0 Å². The third-order valence-corrected chi connectivity index (χ3v) is 5.11. The normalized spacial score (nSPS) is 20.8. The quantitative estimate of drug-likeness (QED) is 0.751. The topological polar surface area (TPSA) is 40.6 Å². The van der Waals surface area contributed by atoms with Crippen molar-refractivity contribution in [2.45, 2.75) is 45.6 Å². The molecule has 0 aromatic heterocycles. The number of benzene rings is 1. The Morgan fingerprint density at radius 1 is 1.23 bits per heavy atom. The molecule has 1 aliphatic carbocycles. The summed E-state index contributed by atoms with van der Waals surface area (Å²) < 4.78 is 0. The van der Waals surface area contributed by atoms with Crippen molar-refractivity contribution >= 4 is 17.9 Å². The summed E-state index contributed by atoms with van der Waals surface area (Å²) in [5.41, 5.74) is 1.15. The van der Waals surface area contributed by atoms with Crippen LogP contribution in [0.4, 0.5) is 0 Å². The summed E-state index contributed by atoms with van der Waals surface area (Å²) in [6.07, 6.45) is 7.55. The number of rotatable bonds is 7. The highest BCUT2D eigenvalue weighted by Crippen LogP contribution is 2.32. The Morgan fingerprint density at radius 3 is 2.62 bits per heavy atom. The van der Waals surface area contributed by atoms with Crippen molar-refractivity contribution in [3.8, 4) is 0 Å². The van der Waals surface area contributed by atoms with E-state index >= 15 is 0 Å². The van der Waals surface area contributed by atoms with E-state index in [1.807, 2.05) is 28.0 Å². The van der Waals surface area contributed by atoms with Crippen LogP contribution in [0.1, 0.15) is 45.1 Å². The Balaban J connectivity index is 1.63. The van der Waals surface area contributed by atoms with Gasteiger partial charge in [0.05, 0.1) is 5.92 Å². The van der Waals surface area contributed by atoms with Crippen LogP contribution >= 0.6 is 0 Å². The summed E-state index contributed by atoms with van der Waals surface area (Å²) in [6.45, 7) is 6.27. The first-order valence-corrected chi connectivity index (χ1v) is 9.84. The standard InChI is InChI=1S/C22H30N2O2/c1-17(2)15-23(14-6-9-18-7-4-3-5-8-18)22(26)19-10-13-21(25)24(16-19)20-11-12-20/h3-9,17,19-20H,10-16H2,1-2H3/b9-6+. The summed E-state index contributed by atoms with van der Waals surface area (Å²) in [5, 5.41) is 0. The molecule has 140 valence electrons. The molecule has 0 N–H and O–H groups in total. The van der Waals surface area contributed by atoms with E-state index in [9.17, 15) is 9.59 Å². The zero-order valence-corrected chi connectivity index (χ0v) is 15.9. The maximum Gasteiger partial charge on any atom is 0.227 e. The zero-order valence-electron chi connectivity index (χ0n) is 15.9. The zero-order chi connectivity index (χ0) is 18.5. The summed E-state index contributed by atoms with van der Waals surface area (Å²) in [4.78, 5) is 29.2. The predicted octanol–water partition coefficient (Wildman–Crippen LogP) is 3.59. The van der Waals surface area contributed by atoms with E-state index in [0.717, 1.165) is 24.9 Å². The Kier molecular flexibility index (Phi) is 6.12. The van der Waals surface area contributed by atoms with Gasteiger partial charge >= 0.3 is 0 Å². The fraction of sp³-hybridized carbons (Fsp3) is 0.545. The SMILES string of the molecule is CC(C)CN(C/C=C/c1ccccc1)C(=O)C1CCC(=O)N(C2CC2)C1. The van der Waals surface area contributed by atoms with Gasteiger partial charge in [0.2, 0.25) is 11.8 Å². The lowest BCUT2D eigenvalue weighted by molar-refractivity contribution is -0.143. The number of nitrogens with zero attached hydrogens (tertiary/aromatic N) is 2. The van der Waals surface area contributed by atoms with E-state index in [2.05, 4.69) is 38.1 Å². The van der Waals surface area contributed by atoms with Gasteiger partial charge in [0, 0.05) is 32.1 Å². The number of amides is 2. The summed E-state index contributed by atoms with van der Waals surface area (Å²) in [5.74, 6) is 0.816. The Morgan fingerprint density at radius 2 is 1.96 bits per heavy atom. The first-order chi connectivity index (χ1) is 12.5. The van der Waals surface area contributed by atoms with Gasteiger partial charge in [-0.3, -0.25) is 9.59 Å². The molecular formula is C22H30N2O2. The molecule has 1 aliphatic heterocycles. The first-order valence-electron chi connectivity index (χ1n) is 9.84. The van der Waals surface area contributed by atoms with Crippen molar-refractivity contribution < 1.29 is 9.59 Å². The molecule has 1 unspecified atom stereocenters. The molecule has 1 aromatic carbocycles. The molecule has 1 saturated heterocycles. The number of hydrogen-bond acceptors (Lipinski definition) is 2. The Bertz CT molecular complexity index is 649. The molecule has 4 nitrogen and oxygen atoms in total. The van der Waals surface area contributed by atoms with E-state index in [-0.39, 0.29) is 17.7 Å². The lowest BCUT2D eigenvalue weighted by Gasteiger charge is -2.35. The van der Waals surface area contributed by atoms with Gasteiger partial charge in [-0.15, -0.1) is 0 Å². The fourth-order valence-electron chi connectivity index (χ4n) is 3.65. The van der Waals surface area contributed by atoms with Gasteiger partial charge in [-0.05, 0) is 30.7 Å². The first kappa shape index (κ1) is 18.7. The van der Waals surface area contributed by atoms with Crippen LogP contribution in [0.25, 0.3) is 6.08 Å². The minimum absolute atomic E-state index is 0.0443. The van der Waals surface area contributed by atoms with Gasteiger partial charge in [0.15, 0.2) is 0 Å². The smallest absolute Gasteiger partial charge is 0.227 e. The average Bonchev–Trinajstić information content (AvgIpc) is 3.46. The molecule has 2 aliphatic rings. The molecule has 1 atom stereocenters. The largest absolute Gasteiger partial charge is 0.339 e. The molecule has 0 bridgehead atoms. The van der Waals surface area contributed by atoms with Gasteiger partial charge in [-0.2, -0.15) is 0 Å². The molecule has 0 spiro atoms. The monoisotopic (exact) mass is 354 g/mol. The maximum absolute atomic E-state index is 13.1. The second-order valence-electron chi connectivity index (χ2n) is 7.96. The fourth-order valence-corrected chi connectivity index (χ4v) is 3.65. The van der Waals surface area contributed by atoms with Crippen LogP contribution < -0.4 is 0 Å². The van der Waals surface area contributed by atoms with E-state index < -0.39 is 0 Å². The van der Waals surface area contributed by atoms with Crippen molar-refractivity contribution in [2.24, 2.45) is 11.8 Å². The van der Waals surface area contributed by atoms with Gasteiger partial charge in [0.25, 0.3) is 0 Å². The van der Waals surface area contributed by atoms with Crippen molar-refractivity contribution in [3.05, 3.63) is 42.0 Å². The number of carbonyl (C=O) groups is 2. The van der Waals surface area contributed by atoms with Crippen molar-refractivity contribution in [1.29, 1.82) is 0 Å². The van der Waals surface area contributed by atoms with Crippen LogP contribution in [0, 0.1) is 11.8 Å². The minimum Gasteiger partial charge on any atom is -0.339 e. The third-order valence-electron chi connectivity index (χ3n) is 5.11. The summed E-state index contributed by atoms with van der Waals surface area (Å²) in [6, 6.07) is 10.6. The molecule has 26 heavy (non-hydrogen) atoms. The molecule has 4 heteroatoms. The van der Waals surface area contributed by atoms with E-state index in [1.165, 1.54) is 0 Å². The van der Waals surface area contributed by atoms with Gasteiger partial charge in [-0.25, -0.2) is 0 Å². The highest BCUT2D eigenvalue weighted by molar-refractivity contribution is 5.84. The predicted molar refractivity (Wildman–Crippen MR) is 104 cm³/mol. The number of carbonyl (C=O) groups excluding carboxylic acids is 2. The summed E-state index contributed by atoms with van der Waals surface area (Å²) in [7, 11) is 0. The van der Waals surface area contributed by atoms with Crippen molar-refractivity contribution in [3.63, 3.8) is 0 Å². The second kappa shape index (κ2) is 8.52. The van der Waals surface area contributed by atoms with Crippen LogP contribution in [0.3, 0.4) is 0 Å². The van der Waals surface area contributed by atoms with Crippen LogP contribution in [-0.4, -0.2) is 47.3 Å². The molecule has 0 radical (unpaired) electrons. The van der Waals surface area contributed by atoms with Crippen LogP contribution in [0.2, 0.25) is 0 Å². The highest BCUT2D eigenvalue weighted by atomic mass is 16.2. The molecule has 1 aromatic rings. The maximum atomic E-state index is 13.1. The van der Waals surface area contributed by atoms with Gasteiger partial charge < -0.3 is 9.80 Å². The third kappa shape index (κ3) is 4.96. The highest BCUT2D eigenvalue weighted by Gasteiger charge is 2.39. The Labute approximate surface area is 156 Å². The van der Waals surface area contributed by atoms with E-state index in [0.29, 0.717) is 37.9 Å². The Hall–Kier alpha value is -2.10. The van der Waals surface area contributed by atoms with E-state index in [1.54, 1.807) is 0 Å². The van der Waals surface area contributed by atoms with Crippen molar-refractivity contribution in [1.82, 2.24) is 9.80 Å². The lowest BCUT2D eigenvalue weighted by Crippen LogP contribution is -2.48. The molecule has 3 rings (SSSR count). The minimum atomic E-state index is -0.0443. The molecular weight excluding hydrogens is 324 g/mol. The number of piperidine rings is 1. The van der Waals surface area contributed by atoms with E-state index in [4.69, 9.17) is 0 Å². The van der Waals surface area contributed by atoms with Crippen LogP contribution in [-0.2, 0) is 9.59 Å². The lowest BCUT2D eigenvalue weighted by atomic mass is 9.95. The average molecular weight is 354 g/mol. The van der Waals surface area contributed by atoms with Crippen LogP contribution in [0.15, 0.2) is 36.4 Å². The van der Waals surface area contributed by atoms with Gasteiger partial charge in [-0.1, -0.05) is 56.3 Å². The molecule has 1 heterocycles. The summed E-state index contributed by atoms with van der Waals surface area (Å²) >= 11 is 0. The van der Waals surface area contributed by atoms with Crippen molar-refractivity contribution in [2.75, 3.05) is 19.6 Å². The second-order valence-corrected chi connectivity index (χ2v) is 7.96. The molecule has 2 amide bonds. The van der Waals surface area contributed by atoms with Gasteiger partial charge in [0.1, 0.15) is 0 Å².